The fraction of sp³-hybridized carbons (Fsp3) is 0.143. The van der Waals surface area contributed by atoms with Crippen LogP contribution in [0.3, 0.4) is 0 Å². The number of carbonyl (C=O) groups is 1. The molecule has 5 nitrogen and oxygen atoms in total. The number of methoxy groups -OCH3 is 1. The van der Waals surface area contributed by atoms with Gasteiger partial charge in [-0.25, -0.2) is 9.78 Å². The van der Waals surface area contributed by atoms with Crippen molar-refractivity contribution in [3.63, 3.8) is 0 Å². The van der Waals surface area contributed by atoms with Crippen molar-refractivity contribution < 1.29 is 14.6 Å². The number of carboxylic acid groups (broad SMARTS) is 1. The first kappa shape index (κ1) is 12.9. The van der Waals surface area contributed by atoms with Gasteiger partial charge in [0.15, 0.2) is 0 Å². The molecule has 2 aromatic rings. The molecule has 0 saturated heterocycles. The van der Waals surface area contributed by atoms with Crippen LogP contribution in [0, 0.1) is 0 Å². The summed E-state index contributed by atoms with van der Waals surface area (Å²) in [6.45, 7) is 0. The Bertz CT molecular complexity index is 581. The SMILES string of the molecule is COc1cccc(N(C)c2ccc(C(=O)O)cn2)c1. The zero-order valence-corrected chi connectivity index (χ0v) is 10.7. The summed E-state index contributed by atoms with van der Waals surface area (Å²) in [6, 6.07) is 10.8. The van der Waals surface area contributed by atoms with Crippen LogP contribution in [0.2, 0.25) is 0 Å². The molecule has 0 radical (unpaired) electrons. The van der Waals surface area contributed by atoms with Crippen molar-refractivity contribution in [1.82, 2.24) is 4.98 Å². The Hall–Kier alpha value is -2.56. The van der Waals surface area contributed by atoms with E-state index >= 15 is 0 Å². The molecule has 5 heteroatoms. The molecule has 19 heavy (non-hydrogen) atoms. The van der Waals surface area contributed by atoms with E-state index in [0.29, 0.717) is 5.82 Å². The predicted octanol–water partition coefficient (Wildman–Crippen LogP) is 2.56. The van der Waals surface area contributed by atoms with Crippen LogP contribution in [-0.2, 0) is 0 Å². The second kappa shape index (κ2) is 5.39. The normalized spacial score (nSPS) is 10.0. The van der Waals surface area contributed by atoms with Gasteiger partial charge in [-0.05, 0) is 24.3 Å². The van der Waals surface area contributed by atoms with E-state index in [4.69, 9.17) is 9.84 Å². The zero-order chi connectivity index (χ0) is 13.8. The number of aromatic nitrogens is 1. The Kier molecular flexibility index (Phi) is 3.66. The fourth-order valence-electron chi connectivity index (χ4n) is 1.66. The molecule has 1 aromatic heterocycles. The van der Waals surface area contributed by atoms with Gasteiger partial charge in [0.1, 0.15) is 11.6 Å². The molecule has 0 amide bonds. The zero-order valence-electron chi connectivity index (χ0n) is 10.7. The topological polar surface area (TPSA) is 62.7 Å². The number of ether oxygens (including phenoxy) is 1. The van der Waals surface area contributed by atoms with Crippen LogP contribution in [0.1, 0.15) is 10.4 Å². The van der Waals surface area contributed by atoms with Crippen molar-refractivity contribution in [2.45, 2.75) is 0 Å². The third kappa shape index (κ3) is 2.82. The molecule has 2 rings (SSSR count). The molecule has 0 spiro atoms. The van der Waals surface area contributed by atoms with Crippen molar-refractivity contribution >= 4 is 17.5 Å². The minimum absolute atomic E-state index is 0.169. The van der Waals surface area contributed by atoms with E-state index in [1.165, 1.54) is 12.3 Å². The van der Waals surface area contributed by atoms with Crippen LogP contribution < -0.4 is 9.64 Å². The minimum atomic E-state index is -0.983. The first-order valence-electron chi connectivity index (χ1n) is 5.69. The number of carboxylic acids is 1. The number of anilines is 2. The lowest BCUT2D eigenvalue weighted by Gasteiger charge is -2.18. The van der Waals surface area contributed by atoms with Crippen LogP contribution in [0.25, 0.3) is 0 Å². The van der Waals surface area contributed by atoms with E-state index in [1.807, 2.05) is 36.2 Å². The van der Waals surface area contributed by atoms with E-state index < -0.39 is 5.97 Å². The molecule has 0 bridgehead atoms. The average molecular weight is 258 g/mol. The van der Waals surface area contributed by atoms with Gasteiger partial charge in [0.05, 0.1) is 12.7 Å². The maximum absolute atomic E-state index is 10.8. The molecule has 0 fully saturated rings. The summed E-state index contributed by atoms with van der Waals surface area (Å²) in [5.41, 5.74) is 1.08. The van der Waals surface area contributed by atoms with Gasteiger partial charge < -0.3 is 14.7 Å². The second-order valence-electron chi connectivity index (χ2n) is 3.97. The van der Waals surface area contributed by atoms with Crippen molar-refractivity contribution in [1.29, 1.82) is 0 Å². The molecule has 0 saturated carbocycles. The first-order valence-corrected chi connectivity index (χ1v) is 5.69. The van der Waals surface area contributed by atoms with E-state index in [2.05, 4.69) is 4.98 Å². The smallest absolute Gasteiger partial charge is 0.337 e. The Morgan fingerprint density at radius 3 is 2.68 bits per heavy atom. The molecule has 0 aliphatic carbocycles. The van der Waals surface area contributed by atoms with E-state index in [1.54, 1.807) is 13.2 Å². The summed E-state index contributed by atoms with van der Waals surface area (Å²) in [5, 5.41) is 8.83. The van der Waals surface area contributed by atoms with E-state index in [-0.39, 0.29) is 5.56 Å². The number of benzene rings is 1. The number of hydrogen-bond donors (Lipinski definition) is 1. The van der Waals surface area contributed by atoms with E-state index in [0.717, 1.165) is 11.4 Å². The molecular weight excluding hydrogens is 244 g/mol. The van der Waals surface area contributed by atoms with Crippen LogP contribution in [0.5, 0.6) is 5.75 Å². The van der Waals surface area contributed by atoms with Crippen molar-refractivity contribution in [2.24, 2.45) is 0 Å². The average Bonchev–Trinajstić information content (AvgIpc) is 2.46. The Labute approximate surface area is 111 Å². The van der Waals surface area contributed by atoms with Crippen LogP contribution in [0.15, 0.2) is 42.6 Å². The first-order chi connectivity index (χ1) is 9.11. The molecular formula is C14H14N2O3. The quantitative estimate of drug-likeness (QED) is 0.913. The van der Waals surface area contributed by atoms with Crippen molar-refractivity contribution in [3.8, 4) is 5.75 Å². The maximum atomic E-state index is 10.8. The number of rotatable bonds is 4. The number of hydrogen-bond acceptors (Lipinski definition) is 4. The second-order valence-corrected chi connectivity index (χ2v) is 3.97. The van der Waals surface area contributed by atoms with Gasteiger partial charge in [-0.1, -0.05) is 6.07 Å². The highest BCUT2D eigenvalue weighted by Gasteiger charge is 2.08. The lowest BCUT2D eigenvalue weighted by Crippen LogP contribution is -2.11. The lowest BCUT2D eigenvalue weighted by atomic mass is 10.2. The summed E-state index contributed by atoms with van der Waals surface area (Å²) in [5.74, 6) is 0.438. The van der Waals surface area contributed by atoms with Gasteiger partial charge in [0.25, 0.3) is 0 Å². The summed E-state index contributed by atoms with van der Waals surface area (Å²) < 4.78 is 5.17. The standard InChI is InChI=1S/C14H14N2O3/c1-16(11-4-3-5-12(8-11)19-2)13-7-6-10(9-15-13)14(17)18/h3-9H,1-2H3,(H,17,18). The van der Waals surface area contributed by atoms with Crippen molar-refractivity contribution in [2.75, 3.05) is 19.1 Å². The largest absolute Gasteiger partial charge is 0.497 e. The molecule has 1 N–H and O–H groups in total. The third-order valence-electron chi connectivity index (χ3n) is 2.78. The summed E-state index contributed by atoms with van der Waals surface area (Å²) in [6.07, 6.45) is 1.34. The molecule has 0 atom stereocenters. The number of pyridine rings is 1. The van der Waals surface area contributed by atoms with Gasteiger partial charge in [0, 0.05) is 25.0 Å². The Balaban J connectivity index is 2.27. The Morgan fingerprint density at radius 1 is 1.32 bits per heavy atom. The molecule has 1 aromatic carbocycles. The Morgan fingerprint density at radius 2 is 2.11 bits per heavy atom. The van der Waals surface area contributed by atoms with Gasteiger partial charge in [-0.3, -0.25) is 0 Å². The minimum Gasteiger partial charge on any atom is -0.497 e. The van der Waals surface area contributed by atoms with Gasteiger partial charge in [-0.15, -0.1) is 0 Å². The van der Waals surface area contributed by atoms with Gasteiger partial charge >= 0.3 is 5.97 Å². The number of nitrogens with zero attached hydrogens (tertiary/aromatic N) is 2. The van der Waals surface area contributed by atoms with Crippen LogP contribution in [0.4, 0.5) is 11.5 Å². The highest BCUT2D eigenvalue weighted by molar-refractivity contribution is 5.87. The molecule has 0 unspecified atom stereocenters. The fourth-order valence-corrected chi connectivity index (χ4v) is 1.66. The van der Waals surface area contributed by atoms with Crippen LogP contribution in [-0.4, -0.2) is 30.2 Å². The monoisotopic (exact) mass is 258 g/mol. The highest BCUT2D eigenvalue weighted by atomic mass is 16.5. The molecule has 98 valence electrons. The maximum Gasteiger partial charge on any atom is 0.337 e. The summed E-state index contributed by atoms with van der Waals surface area (Å²) >= 11 is 0. The lowest BCUT2D eigenvalue weighted by molar-refractivity contribution is 0.0696. The van der Waals surface area contributed by atoms with Crippen molar-refractivity contribution in [3.05, 3.63) is 48.2 Å². The van der Waals surface area contributed by atoms with Gasteiger partial charge in [0.2, 0.25) is 0 Å². The van der Waals surface area contributed by atoms with Crippen LogP contribution >= 0.6 is 0 Å². The molecule has 0 aliphatic rings. The summed E-state index contributed by atoms with van der Waals surface area (Å²) in [7, 11) is 3.47. The molecule has 1 heterocycles. The van der Waals surface area contributed by atoms with Gasteiger partial charge in [-0.2, -0.15) is 0 Å². The molecule has 0 aliphatic heterocycles. The highest BCUT2D eigenvalue weighted by Crippen LogP contribution is 2.25. The summed E-state index contributed by atoms with van der Waals surface area (Å²) in [4.78, 5) is 16.8. The number of aromatic carboxylic acids is 1. The third-order valence-corrected chi connectivity index (χ3v) is 2.78. The predicted molar refractivity (Wildman–Crippen MR) is 72.3 cm³/mol. The van der Waals surface area contributed by atoms with E-state index in [9.17, 15) is 4.79 Å².